The summed E-state index contributed by atoms with van der Waals surface area (Å²) in [5.74, 6) is -2.02. The summed E-state index contributed by atoms with van der Waals surface area (Å²) in [6, 6.07) is 20.7. The van der Waals surface area contributed by atoms with Gasteiger partial charge in [-0.05, 0) is 42.0 Å². The molecule has 3 aromatic carbocycles. The molecule has 0 aromatic heterocycles. The molecule has 1 heterocycles. The third-order valence-electron chi connectivity index (χ3n) is 5.22. The SMILES string of the molecule is O=C(COc1ccc(Cl)cc1)NNC(=O)[C@@H](Cc1ccccc1)N1C(=O)c2ccccc2C1=O. The van der Waals surface area contributed by atoms with E-state index < -0.39 is 29.7 Å². The average molecular weight is 478 g/mol. The molecule has 9 heteroatoms. The number of nitrogens with one attached hydrogen (secondary N) is 2. The van der Waals surface area contributed by atoms with Gasteiger partial charge in [0.25, 0.3) is 23.6 Å². The topological polar surface area (TPSA) is 105 Å². The molecule has 1 aliphatic rings. The van der Waals surface area contributed by atoms with E-state index >= 15 is 0 Å². The van der Waals surface area contributed by atoms with Crippen molar-refractivity contribution in [1.82, 2.24) is 15.8 Å². The van der Waals surface area contributed by atoms with Gasteiger partial charge in [0.2, 0.25) is 0 Å². The Hall–Kier alpha value is -4.17. The lowest BCUT2D eigenvalue weighted by Gasteiger charge is -2.25. The first kappa shape index (κ1) is 23.0. The van der Waals surface area contributed by atoms with E-state index in [4.69, 9.17) is 16.3 Å². The summed E-state index contributed by atoms with van der Waals surface area (Å²) in [6.07, 6.45) is 0.0787. The minimum Gasteiger partial charge on any atom is -0.484 e. The van der Waals surface area contributed by atoms with Crippen molar-refractivity contribution in [2.24, 2.45) is 0 Å². The molecule has 172 valence electrons. The molecule has 1 atom stereocenters. The van der Waals surface area contributed by atoms with Gasteiger partial charge in [0.1, 0.15) is 11.8 Å². The fraction of sp³-hybridized carbons (Fsp3) is 0.120. The average Bonchev–Trinajstić information content (AvgIpc) is 3.11. The molecular weight excluding hydrogens is 458 g/mol. The molecule has 0 spiro atoms. The lowest BCUT2D eigenvalue weighted by atomic mass is 10.0. The molecule has 0 bridgehead atoms. The zero-order valence-corrected chi connectivity index (χ0v) is 18.6. The normalized spacial score (nSPS) is 13.3. The molecule has 4 rings (SSSR count). The maximum atomic E-state index is 13.1. The van der Waals surface area contributed by atoms with Gasteiger partial charge >= 0.3 is 0 Å². The van der Waals surface area contributed by atoms with Crippen LogP contribution in [0.1, 0.15) is 26.3 Å². The largest absolute Gasteiger partial charge is 0.484 e. The van der Waals surface area contributed by atoms with Crippen LogP contribution >= 0.6 is 11.6 Å². The van der Waals surface area contributed by atoms with Gasteiger partial charge in [0, 0.05) is 11.4 Å². The van der Waals surface area contributed by atoms with E-state index in [1.165, 1.54) is 0 Å². The van der Waals surface area contributed by atoms with E-state index in [2.05, 4.69) is 10.9 Å². The Bertz CT molecular complexity index is 1200. The van der Waals surface area contributed by atoms with Crippen molar-refractivity contribution in [2.75, 3.05) is 6.61 Å². The second kappa shape index (κ2) is 10.2. The zero-order valence-electron chi connectivity index (χ0n) is 17.9. The zero-order chi connectivity index (χ0) is 24.1. The number of hydrogen-bond acceptors (Lipinski definition) is 5. The van der Waals surface area contributed by atoms with Gasteiger partial charge in [0.05, 0.1) is 11.1 Å². The predicted molar refractivity (Wildman–Crippen MR) is 124 cm³/mol. The van der Waals surface area contributed by atoms with Gasteiger partial charge in [0.15, 0.2) is 6.61 Å². The number of halogens is 1. The molecular formula is C25H20ClN3O5. The number of hydrogen-bond donors (Lipinski definition) is 2. The number of imide groups is 1. The number of ether oxygens (including phenoxy) is 1. The molecule has 3 aromatic rings. The van der Waals surface area contributed by atoms with Crippen molar-refractivity contribution in [3.05, 3.63) is 101 Å². The number of rotatable bonds is 7. The standard InChI is InChI=1S/C25H20ClN3O5/c26-17-10-12-18(13-11-17)34-15-22(30)27-28-23(31)21(14-16-6-2-1-3-7-16)29-24(32)19-8-4-5-9-20(19)25(29)33/h1-13,21H,14-15H2,(H,27,30)(H,28,31)/t21-/m1/s1. The summed E-state index contributed by atoms with van der Waals surface area (Å²) in [4.78, 5) is 52.1. The summed E-state index contributed by atoms with van der Waals surface area (Å²) in [5, 5.41) is 0.529. The summed E-state index contributed by atoms with van der Waals surface area (Å²) >= 11 is 5.82. The monoisotopic (exact) mass is 477 g/mol. The van der Waals surface area contributed by atoms with Gasteiger partial charge in [-0.25, -0.2) is 0 Å². The van der Waals surface area contributed by atoms with Gasteiger partial charge in [-0.3, -0.25) is 34.9 Å². The van der Waals surface area contributed by atoms with Crippen molar-refractivity contribution < 1.29 is 23.9 Å². The highest BCUT2D eigenvalue weighted by molar-refractivity contribution is 6.30. The van der Waals surface area contributed by atoms with Crippen molar-refractivity contribution in [2.45, 2.75) is 12.5 Å². The number of nitrogens with zero attached hydrogens (tertiary/aromatic N) is 1. The molecule has 0 aliphatic carbocycles. The van der Waals surface area contributed by atoms with Crippen LogP contribution in [0.4, 0.5) is 0 Å². The van der Waals surface area contributed by atoms with Crippen molar-refractivity contribution in [3.63, 3.8) is 0 Å². The molecule has 1 aliphatic heterocycles. The Morgan fingerprint density at radius 1 is 0.824 bits per heavy atom. The smallest absolute Gasteiger partial charge is 0.276 e. The van der Waals surface area contributed by atoms with Crippen LogP contribution in [0.3, 0.4) is 0 Å². The Labute approximate surface area is 200 Å². The molecule has 0 saturated carbocycles. The predicted octanol–water partition coefficient (Wildman–Crippen LogP) is 2.77. The first-order valence-corrected chi connectivity index (χ1v) is 10.8. The number of fused-ring (bicyclic) bond motifs is 1. The van der Waals surface area contributed by atoms with Crippen molar-refractivity contribution in [1.29, 1.82) is 0 Å². The second-order valence-electron chi connectivity index (χ2n) is 7.51. The lowest BCUT2D eigenvalue weighted by molar-refractivity contribution is -0.132. The molecule has 0 radical (unpaired) electrons. The van der Waals surface area contributed by atoms with E-state index in [1.54, 1.807) is 72.8 Å². The molecule has 2 N–H and O–H groups in total. The van der Waals surface area contributed by atoms with Crippen LogP contribution in [0.15, 0.2) is 78.9 Å². The van der Waals surface area contributed by atoms with Crippen LogP contribution in [-0.2, 0) is 16.0 Å². The molecule has 0 unspecified atom stereocenters. The minimum absolute atomic E-state index is 0.0787. The van der Waals surface area contributed by atoms with Gasteiger partial charge in [-0.2, -0.15) is 0 Å². The number of carbonyl (C=O) groups is 4. The minimum atomic E-state index is -1.17. The van der Waals surface area contributed by atoms with Gasteiger partial charge in [-0.1, -0.05) is 54.1 Å². The van der Waals surface area contributed by atoms with E-state index in [9.17, 15) is 19.2 Å². The van der Waals surface area contributed by atoms with Crippen molar-refractivity contribution in [3.8, 4) is 5.75 Å². The van der Waals surface area contributed by atoms with Crippen molar-refractivity contribution >= 4 is 35.2 Å². The highest BCUT2D eigenvalue weighted by Gasteiger charge is 2.42. The first-order valence-electron chi connectivity index (χ1n) is 10.4. The second-order valence-corrected chi connectivity index (χ2v) is 7.95. The summed E-state index contributed by atoms with van der Waals surface area (Å²) in [6.45, 7) is -0.363. The molecule has 8 nitrogen and oxygen atoms in total. The maximum absolute atomic E-state index is 13.1. The van der Waals surface area contributed by atoms with E-state index in [0.29, 0.717) is 10.8 Å². The number of amides is 4. The number of hydrazine groups is 1. The van der Waals surface area contributed by atoms with Crippen LogP contribution in [-0.4, -0.2) is 41.2 Å². The number of carbonyl (C=O) groups excluding carboxylic acids is 4. The Balaban J connectivity index is 1.45. The summed E-state index contributed by atoms with van der Waals surface area (Å²) < 4.78 is 5.35. The Morgan fingerprint density at radius 2 is 1.41 bits per heavy atom. The van der Waals surface area contributed by atoms with E-state index in [-0.39, 0.29) is 24.2 Å². The molecule has 34 heavy (non-hydrogen) atoms. The summed E-state index contributed by atoms with van der Waals surface area (Å²) in [5.41, 5.74) is 5.79. The van der Waals surface area contributed by atoms with Gasteiger partial charge < -0.3 is 4.74 Å². The highest BCUT2D eigenvalue weighted by atomic mass is 35.5. The quantitative estimate of drug-likeness (QED) is 0.402. The third-order valence-corrected chi connectivity index (χ3v) is 5.47. The highest BCUT2D eigenvalue weighted by Crippen LogP contribution is 2.26. The Morgan fingerprint density at radius 3 is 2.03 bits per heavy atom. The van der Waals surface area contributed by atoms with Crippen LogP contribution < -0.4 is 15.6 Å². The first-order chi connectivity index (χ1) is 16.4. The summed E-state index contributed by atoms with van der Waals surface area (Å²) in [7, 11) is 0. The van der Waals surface area contributed by atoms with E-state index in [1.807, 2.05) is 6.07 Å². The Kier molecular flexibility index (Phi) is 6.89. The fourth-order valence-corrected chi connectivity index (χ4v) is 3.69. The van der Waals surface area contributed by atoms with E-state index in [0.717, 1.165) is 10.5 Å². The molecule has 4 amide bonds. The van der Waals surface area contributed by atoms with Crippen LogP contribution in [0, 0.1) is 0 Å². The molecule has 0 saturated heterocycles. The number of benzene rings is 3. The molecule has 0 fully saturated rings. The van der Waals surface area contributed by atoms with Gasteiger partial charge in [-0.15, -0.1) is 0 Å². The van der Waals surface area contributed by atoms with Crippen LogP contribution in [0.2, 0.25) is 5.02 Å². The van der Waals surface area contributed by atoms with Crippen LogP contribution in [0.25, 0.3) is 0 Å². The lowest BCUT2D eigenvalue weighted by Crippen LogP contribution is -2.55. The third kappa shape index (κ3) is 5.07. The maximum Gasteiger partial charge on any atom is 0.276 e. The van der Waals surface area contributed by atoms with Crippen LogP contribution in [0.5, 0.6) is 5.75 Å². The fourth-order valence-electron chi connectivity index (χ4n) is 3.56.